The number of rotatable bonds is 8. The minimum atomic E-state index is -0.158. The zero-order chi connectivity index (χ0) is 15.6. The van der Waals surface area contributed by atoms with Gasteiger partial charge in [0.05, 0.1) is 13.2 Å². The number of hydrogen-bond donors (Lipinski definition) is 2. The molecule has 7 heteroatoms. The lowest BCUT2D eigenvalue weighted by Crippen LogP contribution is -2.41. The number of ether oxygens (including phenoxy) is 1. The van der Waals surface area contributed by atoms with Crippen molar-refractivity contribution in [2.45, 2.75) is 19.8 Å². The fourth-order valence-corrected chi connectivity index (χ4v) is 2.19. The van der Waals surface area contributed by atoms with Gasteiger partial charge < -0.3 is 15.4 Å². The fraction of sp³-hybridized carbons (Fsp3) is 0.667. The second-order valence-corrected chi connectivity index (χ2v) is 5.26. The third kappa shape index (κ3) is 5.57. The Balaban J connectivity index is 1.75. The van der Waals surface area contributed by atoms with Crippen LogP contribution >= 0.6 is 0 Å². The normalized spacial score (nSPS) is 15.5. The number of hydrogen-bond acceptors (Lipinski definition) is 6. The fourth-order valence-electron chi connectivity index (χ4n) is 2.19. The van der Waals surface area contributed by atoms with Crippen molar-refractivity contribution in [1.29, 1.82) is 0 Å². The maximum Gasteiger partial charge on any atom is 0.270 e. The van der Waals surface area contributed by atoms with Gasteiger partial charge in [0, 0.05) is 38.9 Å². The average Bonchev–Trinajstić information content (AvgIpc) is 2.56. The molecule has 1 aliphatic rings. The van der Waals surface area contributed by atoms with Crippen LogP contribution in [0.5, 0.6) is 0 Å². The molecular formula is C15H25N5O2. The third-order valence-electron chi connectivity index (χ3n) is 3.52. The number of carbonyl (C=O) groups excluding carboxylic acids is 1. The van der Waals surface area contributed by atoms with Crippen LogP contribution in [-0.2, 0) is 4.74 Å². The zero-order valence-electron chi connectivity index (χ0n) is 13.2. The summed E-state index contributed by atoms with van der Waals surface area (Å²) in [5, 5.41) is 6.03. The molecule has 0 aromatic carbocycles. The van der Waals surface area contributed by atoms with Crippen molar-refractivity contribution in [2.24, 2.45) is 0 Å². The molecule has 0 unspecified atom stereocenters. The Labute approximate surface area is 131 Å². The van der Waals surface area contributed by atoms with Crippen LogP contribution in [0.15, 0.2) is 12.3 Å². The molecule has 0 bridgehead atoms. The number of morpholine rings is 1. The molecule has 0 spiro atoms. The molecule has 1 aromatic heterocycles. The monoisotopic (exact) mass is 307 g/mol. The van der Waals surface area contributed by atoms with E-state index in [1.54, 1.807) is 12.3 Å². The Bertz CT molecular complexity index is 463. The first kappa shape index (κ1) is 16.6. The van der Waals surface area contributed by atoms with Gasteiger partial charge in [0.25, 0.3) is 5.91 Å². The van der Waals surface area contributed by atoms with Crippen molar-refractivity contribution in [1.82, 2.24) is 20.2 Å². The molecule has 1 aromatic rings. The summed E-state index contributed by atoms with van der Waals surface area (Å²) in [6.45, 7) is 7.78. The number of nitrogens with zero attached hydrogens (tertiary/aromatic N) is 3. The lowest BCUT2D eigenvalue weighted by Gasteiger charge is -2.26. The smallest absolute Gasteiger partial charge is 0.270 e. The van der Waals surface area contributed by atoms with Crippen LogP contribution in [0.1, 0.15) is 30.3 Å². The Hall–Kier alpha value is -1.73. The van der Waals surface area contributed by atoms with Gasteiger partial charge in [-0.05, 0) is 12.5 Å². The number of unbranched alkanes of at least 4 members (excludes halogenated alkanes) is 1. The topological polar surface area (TPSA) is 79.4 Å². The van der Waals surface area contributed by atoms with E-state index in [-0.39, 0.29) is 5.91 Å². The van der Waals surface area contributed by atoms with E-state index in [0.29, 0.717) is 18.2 Å². The van der Waals surface area contributed by atoms with Gasteiger partial charge in [-0.2, -0.15) is 0 Å². The molecule has 1 amide bonds. The molecule has 0 atom stereocenters. The van der Waals surface area contributed by atoms with Gasteiger partial charge >= 0.3 is 0 Å². The van der Waals surface area contributed by atoms with Gasteiger partial charge in [-0.25, -0.2) is 9.97 Å². The number of aromatic nitrogens is 2. The van der Waals surface area contributed by atoms with Crippen molar-refractivity contribution in [3.63, 3.8) is 0 Å². The van der Waals surface area contributed by atoms with E-state index >= 15 is 0 Å². The lowest BCUT2D eigenvalue weighted by molar-refractivity contribution is 0.0383. The molecular weight excluding hydrogens is 282 g/mol. The van der Waals surface area contributed by atoms with E-state index in [1.165, 1.54) is 0 Å². The molecule has 122 valence electrons. The molecule has 2 N–H and O–H groups in total. The number of nitrogens with one attached hydrogen (secondary N) is 2. The van der Waals surface area contributed by atoms with E-state index < -0.39 is 0 Å². The Morgan fingerprint density at radius 3 is 2.95 bits per heavy atom. The highest BCUT2D eigenvalue weighted by Gasteiger charge is 2.12. The van der Waals surface area contributed by atoms with Crippen LogP contribution in [0.2, 0.25) is 0 Å². The van der Waals surface area contributed by atoms with E-state index in [4.69, 9.17) is 4.74 Å². The highest BCUT2D eigenvalue weighted by molar-refractivity contribution is 5.92. The van der Waals surface area contributed by atoms with Gasteiger partial charge in [0.2, 0.25) is 5.95 Å². The number of amides is 1. The minimum Gasteiger partial charge on any atom is -0.379 e. The Morgan fingerprint density at radius 1 is 1.36 bits per heavy atom. The number of carbonyl (C=O) groups is 1. The van der Waals surface area contributed by atoms with Crippen molar-refractivity contribution in [3.8, 4) is 0 Å². The largest absolute Gasteiger partial charge is 0.379 e. The minimum absolute atomic E-state index is 0.158. The van der Waals surface area contributed by atoms with Gasteiger partial charge in [0.15, 0.2) is 0 Å². The standard InChI is InChI=1S/C15H25N5O2/c1-2-3-5-17-15-18-6-4-13(19-15)14(21)16-7-8-20-9-11-22-12-10-20/h4,6H,2-3,5,7-12H2,1H3,(H,16,21)(H,17,18,19). The molecule has 2 heterocycles. The van der Waals surface area contributed by atoms with Crippen molar-refractivity contribution in [3.05, 3.63) is 18.0 Å². The zero-order valence-corrected chi connectivity index (χ0v) is 13.2. The summed E-state index contributed by atoms with van der Waals surface area (Å²) in [6, 6.07) is 1.63. The summed E-state index contributed by atoms with van der Waals surface area (Å²) in [4.78, 5) is 22.7. The van der Waals surface area contributed by atoms with Crippen molar-refractivity contribution in [2.75, 3.05) is 51.3 Å². The van der Waals surface area contributed by atoms with Gasteiger partial charge in [-0.1, -0.05) is 13.3 Å². The Kier molecular flexibility index (Phi) is 7.05. The van der Waals surface area contributed by atoms with Crippen LogP contribution in [0, 0.1) is 0 Å². The summed E-state index contributed by atoms with van der Waals surface area (Å²) < 4.78 is 5.30. The molecule has 0 radical (unpaired) electrons. The maximum atomic E-state index is 12.1. The van der Waals surface area contributed by atoms with Gasteiger partial charge in [-0.3, -0.25) is 9.69 Å². The third-order valence-corrected chi connectivity index (χ3v) is 3.52. The first-order chi connectivity index (χ1) is 10.8. The highest BCUT2D eigenvalue weighted by atomic mass is 16.5. The van der Waals surface area contributed by atoms with E-state index in [0.717, 1.165) is 52.2 Å². The van der Waals surface area contributed by atoms with Crippen molar-refractivity contribution < 1.29 is 9.53 Å². The molecule has 1 saturated heterocycles. The molecule has 1 fully saturated rings. The van der Waals surface area contributed by atoms with Gasteiger partial charge in [-0.15, -0.1) is 0 Å². The predicted molar refractivity (Wildman–Crippen MR) is 85.0 cm³/mol. The summed E-state index contributed by atoms with van der Waals surface area (Å²) in [5.41, 5.74) is 0.399. The van der Waals surface area contributed by atoms with Crippen LogP contribution in [0.3, 0.4) is 0 Å². The molecule has 22 heavy (non-hydrogen) atoms. The number of anilines is 1. The molecule has 7 nitrogen and oxygen atoms in total. The first-order valence-electron chi connectivity index (χ1n) is 7.95. The molecule has 0 saturated carbocycles. The summed E-state index contributed by atoms with van der Waals surface area (Å²) in [6.07, 6.45) is 3.77. The predicted octanol–water partition coefficient (Wildman–Crippen LogP) is 0.751. The van der Waals surface area contributed by atoms with Crippen LogP contribution in [0.4, 0.5) is 5.95 Å². The molecule has 0 aliphatic carbocycles. The second-order valence-electron chi connectivity index (χ2n) is 5.26. The molecule has 2 rings (SSSR count). The quantitative estimate of drug-likeness (QED) is 0.690. The van der Waals surface area contributed by atoms with Crippen LogP contribution in [-0.4, -0.2) is 66.7 Å². The summed E-state index contributed by atoms with van der Waals surface area (Å²) >= 11 is 0. The van der Waals surface area contributed by atoms with E-state index in [1.807, 2.05) is 0 Å². The summed E-state index contributed by atoms with van der Waals surface area (Å²) in [5.74, 6) is 0.350. The lowest BCUT2D eigenvalue weighted by atomic mass is 10.3. The SMILES string of the molecule is CCCCNc1nccc(C(=O)NCCN2CCOCC2)n1. The average molecular weight is 307 g/mol. The van der Waals surface area contributed by atoms with Crippen molar-refractivity contribution >= 4 is 11.9 Å². The second kappa shape index (κ2) is 9.32. The van der Waals surface area contributed by atoms with E-state index in [9.17, 15) is 4.79 Å². The Morgan fingerprint density at radius 2 is 2.18 bits per heavy atom. The summed E-state index contributed by atoms with van der Waals surface area (Å²) in [7, 11) is 0. The first-order valence-corrected chi connectivity index (χ1v) is 7.95. The maximum absolute atomic E-state index is 12.1. The van der Waals surface area contributed by atoms with Gasteiger partial charge in [0.1, 0.15) is 5.69 Å². The van der Waals surface area contributed by atoms with E-state index in [2.05, 4.69) is 32.4 Å². The van der Waals surface area contributed by atoms with Crippen LogP contribution < -0.4 is 10.6 Å². The van der Waals surface area contributed by atoms with Crippen LogP contribution in [0.25, 0.3) is 0 Å². The molecule has 1 aliphatic heterocycles. The highest BCUT2D eigenvalue weighted by Crippen LogP contribution is 2.01.